The lowest BCUT2D eigenvalue weighted by Crippen LogP contribution is -2.17. The van der Waals surface area contributed by atoms with Crippen LogP contribution in [0.15, 0.2) is 108 Å². The summed E-state index contributed by atoms with van der Waals surface area (Å²) in [5.74, 6) is 0.920. The van der Waals surface area contributed by atoms with Crippen LogP contribution >= 0.6 is 0 Å². The molecule has 0 atom stereocenters. The topological polar surface area (TPSA) is 72.8 Å². The van der Waals surface area contributed by atoms with Gasteiger partial charge in [-0.3, -0.25) is 9.78 Å². The number of rotatable bonds is 9. The van der Waals surface area contributed by atoms with Gasteiger partial charge in [-0.15, -0.1) is 0 Å². The van der Waals surface area contributed by atoms with Gasteiger partial charge in [0.15, 0.2) is 11.5 Å². The van der Waals surface area contributed by atoms with Crippen LogP contribution in [-0.4, -0.2) is 17.1 Å². The Balaban J connectivity index is 1.47. The van der Waals surface area contributed by atoms with Crippen molar-refractivity contribution in [2.24, 2.45) is 5.10 Å². The minimum absolute atomic E-state index is 0.308. The van der Waals surface area contributed by atoms with E-state index in [1.54, 1.807) is 30.7 Å². The zero-order valence-electron chi connectivity index (χ0n) is 17.9. The van der Waals surface area contributed by atoms with E-state index in [9.17, 15) is 4.79 Å². The van der Waals surface area contributed by atoms with E-state index in [0.717, 1.165) is 16.7 Å². The highest BCUT2D eigenvalue weighted by atomic mass is 16.5. The highest BCUT2D eigenvalue weighted by molar-refractivity contribution is 5.94. The molecule has 0 saturated heterocycles. The maximum Gasteiger partial charge on any atom is 0.271 e. The third-order valence-corrected chi connectivity index (χ3v) is 4.76. The SMILES string of the molecule is O=C(N/N=C/c1ccc(OCc2ccccc2)c(OCc2ccccc2)c1)c1ccncc1. The van der Waals surface area contributed by atoms with Crippen LogP contribution in [0.3, 0.4) is 0 Å². The summed E-state index contributed by atoms with van der Waals surface area (Å²) in [4.78, 5) is 16.0. The minimum Gasteiger partial charge on any atom is -0.485 e. The molecule has 0 fully saturated rings. The lowest BCUT2D eigenvalue weighted by Gasteiger charge is -2.14. The first kappa shape index (κ1) is 21.8. The number of hydrazone groups is 1. The number of nitrogens with zero attached hydrogens (tertiary/aromatic N) is 2. The van der Waals surface area contributed by atoms with Crippen molar-refractivity contribution in [2.75, 3.05) is 0 Å². The number of amides is 1. The molecule has 1 aromatic heterocycles. The fourth-order valence-electron chi connectivity index (χ4n) is 3.04. The van der Waals surface area contributed by atoms with Crippen LogP contribution in [-0.2, 0) is 13.2 Å². The van der Waals surface area contributed by atoms with Crippen molar-refractivity contribution in [3.8, 4) is 11.5 Å². The second kappa shape index (κ2) is 11.2. The predicted octanol–water partition coefficient (Wildman–Crippen LogP) is 5.00. The summed E-state index contributed by atoms with van der Waals surface area (Å²) in [6.45, 7) is 0.833. The number of nitrogens with one attached hydrogen (secondary N) is 1. The van der Waals surface area contributed by atoms with Crippen LogP contribution in [0.4, 0.5) is 0 Å². The van der Waals surface area contributed by atoms with Gasteiger partial charge in [-0.1, -0.05) is 60.7 Å². The second-order valence-electron chi connectivity index (χ2n) is 7.19. The Kier molecular flexibility index (Phi) is 7.42. The summed E-state index contributed by atoms with van der Waals surface area (Å²) in [7, 11) is 0. The summed E-state index contributed by atoms with van der Waals surface area (Å²) < 4.78 is 12.1. The van der Waals surface area contributed by atoms with Crippen molar-refractivity contribution >= 4 is 12.1 Å². The minimum atomic E-state index is -0.308. The third kappa shape index (κ3) is 6.51. The smallest absolute Gasteiger partial charge is 0.271 e. The molecule has 1 N–H and O–H groups in total. The zero-order chi connectivity index (χ0) is 22.7. The van der Waals surface area contributed by atoms with Gasteiger partial charge in [0.2, 0.25) is 0 Å². The van der Waals surface area contributed by atoms with Crippen LogP contribution in [0.25, 0.3) is 0 Å². The van der Waals surface area contributed by atoms with E-state index in [4.69, 9.17) is 9.47 Å². The van der Waals surface area contributed by atoms with E-state index < -0.39 is 0 Å². The van der Waals surface area contributed by atoms with Crippen molar-refractivity contribution in [3.63, 3.8) is 0 Å². The Labute approximate surface area is 192 Å². The van der Waals surface area contributed by atoms with Crippen molar-refractivity contribution in [1.29, 1.82) is 0 Å². The molecule has 3 aromatic carbocycles. The molecule has 6 heteroatoms. The van der Waals surface area contributed by atoms with Gasteiger partial charge in [0.1, 0.15) is 13.2 Å². The molecule has 6 nitrogen and oxygen atoms in total. The number of hydrogen-bond donors (Lipinski definition) is 1. The molecule has 4 aromatic rings. The first-order chi connectivity index (χ1) is 16.3. The average Bonchev–Trinajstić information content (AvgIpc) is 2.88. The van der Waals surface area contributed by atoms with Crippen molar-refractivity contribution in [3.05, 3.63) is 126 Å². The van der Waals surface area contributed by atoms with Crippen LogP contribution < -0.4 is 14.9 Å². The van der Waals surface area contributed by atoms with E-state index in [1.807, 2.05) is 78.9 Å². The molecular weight excluding hydrogens is 414 g/mol. The number of carbonyl (C=O) groups is 1. The van der Waals surface area contributed by atoms with E-state index in [1.165, 1.54) is 0 Å². The fraction of sp³-hybridized carbons (Fsp3) is 0.0741. The zero-order valence-corrected chi connectivity index (χ0v) is 17.9. The van der Waals surface area contributed by atoms with Crippen molar-refractivity contribution in [1.82, 2.24) is 10.4 Å². The van der Waals surface area contributed by atoms with E-state index in [2.05, 4.69) is 15.5 Å². The Morgan fingerprint density at radius 3 is 2.03 bits per heavy atom. The van der Waals surface area contributed by atoms with Crippen LogP contribution in [0.5, 0.6) is 11.5 Å². The van der Waals surface area contributed by atoms with Gasteiger partial charge in [0.05, 0.1) is 6.21 Å². The molecule has 0 aliphatic rings. The van der Waals surface area contributed by atoms with Gasteiger partial charge in [-0.05, 0) is 47.0 Å². The van der Waals surface area contributed by atoms with Gasteiger partial charge in [-0.2, -0.15) is 5.10 Å². The van der Waals surface area contributed by atoms with Crippen LogP contribution in [0, 0.1) is 0 Å². The lowest BCUT2D eigenvalue weighted by molar-refractivity contribution is 0.0955. The Morgan fingerprint density at radius 1 is 0.788 bits per heavy atom. The van der Waals surface area contributed by atoms with Gasteiger partial charge in [0, 0.05) is 18.0 Å². The first-order valence-electron chi connectivity index (χ1n) is 10.5. The number of carbonyl (C=O) groups excluding carboxylic acids is 1. The molecule has 0 aliphatic carbocycles. The lowest BCUT2D eigenvalue weighted by atomic mass is 10.2. The molecule has 0 saturated carbocycles. The summed E-state index contributed by atoms with van der Waals surface area (Å²) in [6, 6.07) is 28.7. The Bertz CT molecular complexity index is 1200. The van der Waals surface area contributed by atoms with Gasteiger partial charge in [-0.25, -0.2) is 5.43 Å². The standard InChI is InChI=1S/C27H23N3O3/c31-27(24-13-15-28-16-14-24)30-29-18-23-11-12-25(32-19-21-7-3-1-4-8-21)26(17-23)33-20-22-9-5-2-6-10-22/h1-18H,19-20H2,(H,30,31)/b29-18+. The first-order valence-corrected chi connectivity index (χ1v) is 10.5. The van der Waals surface area contributed by atoms with Gasteiger partial charge >= 0.3 is 0 Å². The molecule has 4 rings (SSSR count). The molecule has 33 heavy (non-hydrogen) atoms. The van der Waals surface area contributed by atoms with Crippen molar-refractivity contribution in [2.45, 2.75) is 13.2 Å². The summed E-state index contributed by atoms with van der Waals surface area (Å²) in [5.41, 5.74) is 5.88. The summed E-state index contributed by atoms with van der Waals surface area (Å²) >= 11 is 0. The quantitative estimate of drug-likeness (QED) is 0.295. The highest BCUT2D eigenvalue weighted by Crippen LogP contribution is 2.29. The van der Waals surface area contributed by atoms with E-state index in [0.29, 0.717) is 30.3 Å². The van der Waals surface area contributed by atoms with Crippen LogP contribution in [0.2, 0.25) is 0 Å². The Morgan fingerprint density at radius 2 is 1.39 bits per heavy atom. The molecule has 1 amide bonds. The largest absolute Gasteiger partial charge is 0.485 e. The molecular formula is C27H23N3O3. The molecule has 0 radical (unpaired) electrons. The molecule has 1 heterocycles. The summed E-state index contributed by atoms with van der Waals surface area (Å²) in [5, 5.41) is 4.06. The predicted molar refractivity (Wildman–Crippen MR) is 127 cm³/mol. The number of aromatic nitrogens is 1. The summed E-state index contributed by atoms with van der Waals surface area (Å²) in [6.07, 6.45) is 4.68. The maximum absolute atomic E-state index is 12.1. The van der Waals surface area contributed by atoms with Crippen LogP contribution in [0.1, 0.15) is 27.0 Å². The molecule has 0 aliphatic heterocycles. The van der Waals surface area contributed by atoms with E-state index in [-0.39, 0.29) is 5.91 Å². The Hall–Kier alpha value is -4.45. The molecule has 0 spiro atoms. The maximum atomic E-state index is 12.1. The average molecular weight is 437 g/mol. The molecule has 164 valence electrons. The molecule has 0 bridgehead atoms. The van der Waals surface area contributed by atoms with Gasteiger partial charge in [0.25, 0.3) is 5.91 Å². The number of pyridine rings is 1. The third-order valence-electron chi connectivity index (χ3n) is 4.76. The molecule has 0 unspecified atom stereocenters. The van der Waals surface area contributed by atoms with E-state index >= 15 is 0 Å². The second-order valence-corrected chi connectivity index (χ2v) is 7.19. The van der Waals surface area contributed by atoms with Crippen molar-refractivity contribution < 1.29 is 14.3 Å². The highest BCUT2D eigenvalue weighted by Gasteiger charge is 2.08. The fourth-order valence-corrected chi connectivity index (χ4v) is 3.04. The number of hydrogen-bond acceptors (Lipinski definition) is 5. The number of benzene rings is 3. The normalized spacial score (nSPS) is 10.7. The monoisotopic (exact) mass is 437 g/mol. The number of ether oxygens (including phenoxy) is 2. The van der Waals surface area contributed by atoms with Gasteiger partial charge < -0.3 is 9.47 Å².